The Morgan fingerprint density at radius 3 is 2.71 bits per heavy atom. The summed E-state index contributed by atoms with van der Waals surface area (Å²) in [5.74, 6) is 1.94. The van der Waals surface area contributed by atoms with Crippen LogP contribution in [0.2, 0.25) is 0 Å². The van der Waals surface area contributed by atoms with Gasteiger partial charge in [-0.25, -0.2) is 0 Å². The summed E-state index contributed by atoms with van der Waals surface area (Å²) in [7, 11) is 0. The van der Waals surface area contributed by atoms with E-state index in [1.165, 1.54) is 24.6 Å². The van der Waals surface area contributed by atoms with Crippen molar-refractivity contribution in [2.75, 3.05) is 0 Å². The molecule has 0 saturated heterocycles. The van der Waals surface area contributed by atoms with Crippen molar-refractivity contribution in [3.8, 4) is 0 Å². The fourth-order valence-electron chi connectivity index (χ4n) is 4.86. The van der Waals surface area contributed by atoms with Crippen LogP contribution in [0.5, 0.6) is 0 Å². The van der Waals surface area contributed by atoms with Crippen LogP contribution in [-0.2, 0) is 6.54 Å². The standard InChI is InChI=1S/C19H25NO/c1-18(2)14-8-9-19(18,3)17(11-14)20-12-15-10-13-6-4-5-7-16(13)21-15/h4-7,10,14,17,20H,8-9,11-12H2,1-3H3. The first-order chi connectivity index (χ1) is 10.0. The molecule has 2 bridgehead atoms. The fourth-order valence-corrected chi connectivity index (χ4v) is 4.86. The molecule has 1 heterocycles. The van der Waals surface area contributed by atoms with E-state index in [2.05, 4.69) is 44.3 Å². The molecule has 2 nitrogen and oxygen atoms in total. The van der Waals surface area contributed by atoms with Gasteiger partial charge in [-0.1, -0.05) is 39.0 Å². The van der Waals surface area contributed by atoms with Crippen molar-refractivity contribution in [1.82, 2.24) is 5.32 Å². The lowest BCUT2D eigenvalue weighted by Gasteiger charge is -2.39. The maximum Gasteiger partial charge on any atom is 0.134 e. The lowest BCUT2D eigenvalue weighted by molar-refractivity contribution is 0.119. The van der Waals surface area contributed by atoms with Gasteiger partial charge >= 0.3 is 0 Å². The Labute approximate surface area is 126 Å². The Bertz CT molecular complexity index is 638. The largest absolute Gasteiger partial charge is 0.460 e. The molecule has 4 rings (SSSR count). The molecule has 2 aliphatic rings. The van der Waals surface area contributed by atoms with E-state index in [0.717, 1.165) is 23.8 Å². The molecule has 2 heteroatoms. The van der Waals surface area contributed by atoms with Crippen molar-refractivity contribution in [3.63, 3.8) is 0 Å². The van der Waals surface area contributed by atoms with Gasteiger partial charge in [0.2, 0.25) is 0 Å². The minimum atomic E-state index is 0.434. The van der Waals surface area contributed by atoms with E-state index in [-0.39, 0.29) is 0 Å². The van der Waals surface area contributed by atoms with Crippen LogP contribution in [0, 0.1) is 16.7 Å². The average molecular weight is 283 g/mol. The van der Waals surface area contributed by atoms with Gasteiger partial charge < -0.3 is 9.73 Å². The van der Waals surface area contributed by atoms with Gasteiger partial charge in [0.15, 0.2) is 0 Å². The van der Waals surface area contributed by atoms with Crippen LogP contribution in [0.1, 0.15) is 45.8 Å². The highest BCUT2D eigenvalue weighted by molar-refractivity contribution is 5.77. The van der Waals surface area contributed by atoms with Crippen molar-refractivity contribution in [2.24, 2.45) is 16.7 Å². The molecule has 1 aromatic carbocycles. The summed E-state index contributed by atoms with van der Waals surface area (Å²) in [6.07, 6.45) is 4.10. The van der Waals surface area contributed by atoms with Crippen molar-refractivity contribution >= 4 is 11.0 Å². The zero-order valence-electron chi connectivity index (χ0n) is 13.3. The molecular formula is C19H25NO. The third-order valence-electron chi connectivity index (χ3n) is 6.79. The third-order valence-corrected chi connectivity index (χ3v) is 6.79. The summed E-state index contributed by atoms with van der Waals surface area (Å²) in [4.78, 5) is 0. The Kier molecular flexibility index (Phi) is 2.78. The molecule has 21 heavy (non-hydrogen) atoms. The molecule has 2 aliphatic carbocycles. The Morgan fingerprint density at radius 2 is 2.05 bits per heavy atom. The number of fused-ring (bicyclic) bond motifs is 3. The van der Waals surface area contributed by atoms with Gasteiger partial charge in [-0.05, 0) is 48.1 Å². The number of hydrogen-bond donors (Lipinski definition) is 1. The SMILES string of the molecule is CC1(C)C2CCC1(C)C(NCc1cc3ccccc3o1)C2. The van der Waals surface area contributed by atoms with E-state index in [4.69, 9.17) is 4.42 Å². The number of furan rings is 1. The van der Waals surface area contributed by atoms with Gasteiger partial charge in [-0.15, -0.1) is 0 Å². The van der Waals surface area contributed by atoms with E-state index >= 15 is 0 Å². The Balaban J connectivity index is 1.50. The van der Waals surface area contributed by atoms with Gasteiger partial charge in [-0.2, -0.15) is 0 Å². The van der Waals surface area contributed by atoms with Gasteiger partial charge in [0.25, 0.3) is 0 Å². The van der Waals surface area contributed by atoms with Gasteiger partial charge in [0.05, 0.1) is 6.54 Å². The van der Waals surface area contributed by atoms with Crippen LogP contribution in [0.4, 0.5) is 0 Å². The first kappa shape index (κ1) is 13.4. The molecular weight excluding hydrogens is 258 g/mol. The summed E-state index contributed by atoms with van der Waals surface area (Å²) in [6.45, 7) is 8.26. The smallest absolute Gasteiger partial charge is 0.134 e. The van der Waals surface area contributed by atoms with Crippen molar-refractivity contribution < 1.29 is 4.42 Å². The van der Waals surface area contributed by atoms with Gasteiger partial charge in [0.1, 0.15) is 11.3 Å². The first-order valence-corrected chi connectivity index (χ1v) is 8.21. The molecule has 2 aromatic rings. The number of para-hydroxylation sites is 1. The molecule has 112 valence electrons. The number of benzene rings is 1. The summed E-state index contributed by atoms with van der Waals surface area (Å²) < 4.78 is 5.93. The quantitative estimate of drug-likeness (QED) is 0.880. The second-order valence-corrected chi connectivity index (χ2v) is 7.79. The molecule has 0 aliphatic heterocycles. The molecule has 0 radical (unpaired) electrons. The molecule has 2 saturated carbocycles. The van der Waals surface area contributed by atoms with Gasteiger partial charge in [0, 0.05) is 11.4 Å². The zero-order chi connectivity index (χ0) is 14.7. The predicted octanol–water partition coefficient (Wildman–Crippen LogP) is 4.74. The average Bonchev–Trinajstić information content (AvgIpc) is 3.02. The lowest BCUT2D eigenvalue weighted by Crippen LogP contribution is -2.44. The molecule has 0 spiro atoms. The summed E-state index contributed by atoms with van der Waals surface area (Å²) in [5.41, 5.74) is 1.90. The molecule has 1 N–H and O–H groups in total. The number of hydrogen-bond acceptors (Lipinski definition) is 2. The maximum absolute atomic E-state index is 5.93. The Morgan fingerprint density at radius 1 is 1.24 bits per heavy atom. The highest BCUT2D eigenvalue weighted by Crippen LogP contribution is 2.65. The van der Waals surface area contributed by atoms with Crippen LogP contribution < -0.4 is 5.32 Å². The minimum absolute atomic E-state index is 0.434. The molecule has 3 unspecified atom stereocenters. The van der Waals surface area contributed by atoms with E-state index in [0.29, 0.717) is 16.9 Å². The van der Waals surface area contributed by atoms with Crippen LogP contribution in [-0.4, -0.2) is 6.04 Å². The number of rotatable bonds is 3. The van der Waals surface area contributed by atoms with Crippen molar-refractivity contribution in [3.05, 3.63) is 36.1 Å². The van der Waals surface area contributed by atoms with Crippen molar-refractivity contribution in [1.29, 1.82) is 0 Å². The normalized spacial score (nSPS) is 33.9. The molecule has 0 amide bonds. The summed E-state index contributed by atoms with van der Waals surface area (Å²) >= 11 is 0. The first-order valence-electron chi connectivity index (χ1n) is 8.21. The maximum atomic E-state index is 5.93. The predicted molar refractivity (Wildman–Crippen MR) is 86.1 cm³/mol. The second kappa shape index (κ2) is 4.36. The minimum Gasteiger partial charge on any atom is -0.460 e. The molecule has 2 fully saturated rings. The van der Waals surface area contributed by atoms with E-state index in [1.54, 1.807) is 0 Å². The number of nitrogens with one attached hydrogen (secondary N) is 1. The highest BCUT2D eigenvalue weighted by Gasteiger charge is 2.60. The molecule has 1 aromatic heterocycles. The van der Waals surface area contributed by atoms with Gasteiger partial charge in [-0.3, -0.25) is 0 Å². The lowest BCUT2D eigenvalue weighted by atomic mass is 9.69. The molecule has 3 atom stereocenters. The van der Waals surface area contributed by atoms with E-state index in [9.17, 15) is 0 Å². The summed E-state index contributed by atoms with van der Waals surface area (Å²) in [5, 5.41) is 5.00. The van der Waals surface area contributed by atoms with Crippen LogP contribution >= 0.6 is 0 Å². The van der Waals surface area contributed by atoms with Crippen LogP contribution in [0.25, 0.3) is 11.0 Å². The monoisotopic (exact) mass is 283 g/mol. The third kappa shape index (κ3) is 1.81. The summed E-state index contributed by atoms with van der Waals surface area (Å²) in [6, 6.07) is 11.0. The van der Waals surface area contributed by atoms with Crippen LogP contribution in [0.3, 0.4) is 0 Å². The highest BCUT2D eigenvalue weighted by atomic mass is 16.3. The van der Waals surface area contributed by atoms with E-state index in [1.807, 2.05) is 12.1 Å². The van der Waals surface area contributed by atoms with Crippen molar-refractivity contribution in [2.45, 2.75) is 52.6 Å². The zero-order valence-corrected chi connectivity index (χ0v) is 13.3. The topological polar surface area (TPSA) is 25.2 Å². The second-order valence-electron chi connectivity index (χ2n) is 7.79. The Hall–Kier alpha value is -1.28. The van der Waals surface area contributed by atoms with E-state index < -0.39 is 0 Å². The fraction of sp³-hybridized carbons (Fsp3) is 0.579. The van der Waals surface area contributed by atoms with Crippen LogP contribution in [0.15, 0.2) is 34.7 Å².